The number of carbonyl (C=O) groups is 1. The van der Waals surface area contributed by atoms with Gasteiger partial charge in [-0.2, -0.15) is 0 Å². The Kier molecular flexibility index (Phi) is 3.90. The average molecular weight is 218 g/mol. The van der Waals surface area contributed by atoms with Gasteiger partial charge in [-0.15, -0.1) is 0 Å². The van der Waals surface area contributed by atoms with Crippen LogP contribution in [-0.2, 0) is 11.2 Å². The molecule has 0 aromatic heterocycles. The van der Waals surface area contributed by atoms with E-state index in [1.807, 2.05) is 13.8 Å². The highest BCUT2D eigenvalue weighted by Crippen LogP contribution is 2.23. The molecule has 0 unspecified atom stereocenters. The number of benzene rings is 1. The third-order valence-electron chi connectivity index (χ3n) is 3.57. The zero-order valence-electron chi connectivity index (χ0n) is 11.1. The van der Waals surface area contributed by atoms with Crippen LogP contribution in [0.4, 0.5) is 0 Å². The maximum absolute atomic E-state index is 12.1. The van der Waals surface area contributed by atoms with Crippen LogP contribution in [-0.4, -0.2) is 5.78 Å². The summed E-state index contributed by atoms with van der Waals surface area (Å²) in [5, 5.41) is 0. The van der Waals surface area contributed by atoms with Crippen molar-refractivity contribution >= 4 is 5.78 Å². The predicted octanol–water partition coefficient (Wildman–Crippen LogP) is 3.85. The van der Waals surface area contributed by atoms with Crippen molar-refractivity contribution in [2.45, 2.75) is 47.5 Å². The lowest BCUT2D eigenvalue weighted by molar-refractivity contribution is -0.126. The van der Waals surface area contributed by atoms with Crippen molar-refractivity contribution in [3.05, 3.63) is 34.9 Å². The molecule has 0 N–H and O–H groups in total. The van der Waals surface area contributed by atoms with E-state index in [9.17, 15) is 4.79 Å². The van der Waals surface area contributed by atoms with Crippen LogP contribution in [0.3, 0.4) is 0 Å². The minimum Gasteiger partial charge on any atom is -0.299 e. The molecule has 16 heavy (non-hydrogen) atoms. The van der Waals surface area contributed by atoms with E-state index in [0.717, 1.165) is 12.0 Å². The van der Waals surface area contributed by atoms with Crippen LogP contribution in [0.25, 0.3) is 0 Å². The van der Waals surface area contributed by atoms with Crippen LogP contribution in [0.2, 0.25) is 0 Å². The van der Waals surface area contributed by atoms with Crippen LogP contribution in [0.5, 0.6) is 0 Å². The zero-order valence-corrected chi connectivity index (χ0v) is 11.1. The lowest BCUT2D eigenvalue weighted by Crippen LogP contribution is -2.25. The van der Waals surface area contributed by atoms with Crippen molar-refractivity contribution in [2.75, 3.05) is 0 Å². The highest BCUT2D eigenvalue weighted by Gasteiger charge is 2.24. The maximum Gasteiger partial charge on any atom is 0.142 e. The topological polar surface area (TPSA) is 17.1 Å². The standard InChI is InChI=1S/C15H22O/c1-6-15(4,5)14(16)10-13-8-7-11(2)12(3)9-13/h7-9H,6,10H2,1-5H3. The van der Waals surface area contributed by atoms with E-state index < -0.39 is 0 Å². The van der Waals surface area contributed by atoms with Crippen LogP contribution >= 0.6 is 0 Å². The molecule has 0 bridgehead atoms. The molecule has 0 saturated carbocycles. The van der Waals surface area contributed by atoms with Crippen molar-refractivity contribution < 1.29 is 4.79 Å². The van der Waals surface area contributed by atoms with Gasteiger partial charge in [0.25, 0.3) is 0 Å². The monoisotopic (exact) mass is 218 g/mol. The van der Waals surface area contributed by atoms with Crippen molar-refractivity contribution in [2.24, 2.45) is 5.41 Å². The summed E-state index contributed by atoms with van der Waals surface area (Å²) in [5.41, 5.74) is 3.49. The lowest BCUT2D eigenvalue weighted by atomic mass is 9.82. The van der Waals surface area contributed by atoms with Gasteiger partial charge < -0.3 is 0 Å². The fourth-order valence-corrected chi connectivity index (χ4v) is 1.54. The van der Waals surface area contributed by atoms with Crippen LogP contribution < -0.4 is 0 Å². The number of aryl methyl sites for hydroxylation is 2. The predicted molar refractivity (Wildman–Crippen MR) is 68.7 cm³/mol. The number of hydrogen-bond donors (Lipinski definition) is 0. The summed E-state index contributed by atoms with van der Waals surface area (Å²) in [7, 11) is 0. The molecule has 1 heteroatoms. The van der Waals surface area contributed by atoms with Gasteiger partial charge in [0.1, 0.15) is 5.78 Å². The molecular formula is C15H22O. The van der Waals surface area contributed by atoms with Crippen LogP contribution in [0.1, 0.15) is 43.9 Å². The first kappa shape index (κ1) is 13.0. The second kappa shape index (κ2) is 4.82. The van der Waals surface area contributed by atoms with Gasteiger partial charge in [-0.25, -0.2) is 0 Å². The van der Waals surface area contributed by atoms with Gasteiger partial charge in [0, 0.05) is 11.8 Å². The summed E-state index contributed by atoms with van der Waals surface area (Å²) >= 11 is 0. The largest absolute Gasteiger partial charge is 0.299 e. The van der Waals surface area contributed by atoms with E-state index in [2.05, 4.69) is 39.0 Å². The molecule has 0 spiro atoms. The Morgan fingerprint density at radius 2 is 1.81 bits per heavy atom. The quantitative estimate of drug-likeness (QED) is 0.750. The molecule has 1 aromatic rings. The number of ketones is 1. The molecule has 0 aliphatic heterocycles. The fourth-order valence-electron chi connectivity index (χ4n) is 1.54. The number of carbonyl (C=O) groups excluding carboxylic acids is 1. The van der Waals surface area contributed by atoms with Crippen molar-refractivity contribution in [3.8, 4) is 0 Å². The van der Waals surface area contributed by atoms with Gasteiger partial charge in [0.05, 0.1) is 0 Å². The minimum absolute atomic E-state index is 0.196. The minimum atomic E-state index is -0.196. The molecule has 0 aliphatic carbocycles. The number of Topliss-reactive ketones (excluding diaryl/α,β-unsaturated/α-hetero) is 1. The summed E-state index contributed by atoms with van der Waals surface area (Å²) in [4.78, 5) is 12.1. The lowest BCUT2D eigenvalue weighted by Gasteiger charge is -2.20. The van der Waals surface area contributed by atoms with Crippen molar-refractivity contribution in [3.63, 3.8) is 0 Å². The van der Waals surface area contributed by atoms with Gasteiger partial charge in [0.15, 0.2) is 0 Å². The Labute approximate surface area is 98.9 Å². The van der Waals surface area contributed by atoms with Gasteiger partial charge in [-0.1, -0.05) is 39.0 Å². The highest BCUT2D eigenvalue weighted by molar-refractivity contribution is 5.86. The molecule has 0 heterocycles. The highest BCUT2D eigenvalue weighted by atomic mass is 16.1. The zero-order chi connectivity index (χ0) is 12.3. The summed E-state index contributed by atoms with van der Waals surface area (Å²) in [6.45, 7) is 10.3. The Balaban J connectivity index is 2.82. The van der Waals surface area contributed by atoms with E-state index >= 15 is 0 Å². The molecule has 1 nitrogen and oxygen atoms in total. The molecule has 1 rings (SSSR count). The molecule has 0 fully saturated rings. The Bertz CT molecular complexity index is 388. The van der Waals surface area contributed by atoms with Gasteiger partial charge in [-0.05, 0) is 37.0 Å². The second-order valence-corrected chi connectivity index (χ2v) is 5.26. The second-order valence-electron chi connectivity index (χ2n) is 5.26. The van der Waals surface area contributed by atoms with E-state index in [1.165, 1.54) is 11.1 Å². The average Bonchev–Trinajstić information content (AvgIpc) is 2.23. The molecule has 0 atom stereocenters. The third-order valence-corrected chi connectivity index (χ3v) is 3.57. The van der Waals surface area contributed by atoms with Gasteiger partial charge in [-0.3, -0.25) is 4.79 Å². The number of hydrogen-bond acceptors (Lipinski definition) is 1. The Hall–Kier alpha value is -1.11. The molecule has 88 valence electrons. The SMILES string of the molecule is CCC(C)(C)C(=O)Cc1ccc(C)c(C)c1. The van der Waals surface area contributed by atoms with Crippen LogP contribution in [0, 0.1) is 19.3 Å². The molecule has 0 saturated heterocycles. The summed E-state index contributed by atoms with van der Waals surface area (Å²) in [6.07, 6.45) is 1.46. The van der Waals surface area contributed by atoms with Crippen molar-refractivity contribution in [1.82, 2.24) is 0 Å². The molecule has 1 aromatic carbocycles. The first-order valence-corrected chi connectivity index (χ1v) is 5.96. The van der Waals surface area contributed by atoms with E-state index in [-0.39, 0.29) is 5.41 Å². The normalized spacial score (nSPS) is 11.6. The molecule has 0 aliphatic rings. The van der Waals surface area contributed by atoms with Crippen LogP contribution in [0.15, 0.2) is 18.2 Å². The number of rotatable bonds is 4. The Morgan fingerprint density at radius 1 is 1.19 bits per heavy atom. The first-order valence-electron chi connectivity index (χ1n) is 5.96. The maximum atomic E-state index is 12.1. The summed E-state index contributed by atoms with van der Waals surface area (Å²) < 4.78 is 0. The Morgan fingerprint density at radius 3 is 2.31 bits per heavy atom. The van der Waals surface area contributed by atoms with E-state index in [1.54, 1.807) is 0 Å². The van der Waals surface area contributed by atoms with Gasteiger partial charge >= 0.3 is 0 Å². The summed E-state index contributed by atoms with van der Waals surface area (Å²) in [6, 6.07) is 6.28. The molecular weight excluding hydrogens is 196 g/mol. The molecule has 0 radical (unpaired) electrons. The van der Waals surface area contributed by atoms with E-state index in [4.69, 9.17) is 0 Å². The van der Waals surface area contributed by atoms with Crippen molar-refractivity contribution in [1.29, 1.82) is 0 Å². The van der Waals surface area contributed by atoms with Gasteiger partial charge in [0.2, 0.25) is 0 Å². The fraction of sp³-hybridized carbons (Fsp3) is 0.533. The third kappa shape index (κ3) is 2.94. The van der Waals surface area contributed by atoms with E-state index in [0.29, 0.717) is 12.2 Å². The smallest absolute Gasteiger partial charge is 0.142 e. The molecule has 0 amide bonds. The summed E-state index contributed by atoms with van der Waals surface area (Å²) in [5.74, 6) is 0.332. The first-order chi connectivity index (χ1) is 7.36.